The summed E-state index contributed by atoms with van der Waals surface area (Å²) in [6.45, 7) is 13.4. The molecule has 0 aliphatic rings. The minimum atomic E-state index is 0. The lowest BCUT2D eigenvalue weighted by Gasteiger charge is -2.18. The molecule has 0 aliphatic carbocycles. The fourth-order valence-corrected chi connectivity index (χ4v) is 4.93. The van der Waals surface area contributed by atoms with Crippen molar-refractivity contribution in [3.8, 4) is 0 Å². The molecule has 0 aromatic heterocycles. The zero-order valence-electron chi connectivity index (χ0n) is 26.4. The molecule has 0 amide bonds. The third-order valence-corrected chi connectivity index (χ3v) is 7.32. The number of unbranched alkanes of at least 4 members (excludes halogenated alkanes) is 14. The van der Waals surface area contributed by atoms with Crippen LogP contribution in [0, 0.1) is 0 Å². The van der Waals surface area contributed by atoms with Crippen molar-refractivity contribution in [2.75, 3.05) is 19.6 Å². The van der Waals surface area contributed by atoms with E-state index >= 15 is 0 Å². The fourth-order valence-electron chi connectivity index (χ4n) is 4.93. The molecule has 0 saturated heterocycles. The van der Waals surface area contributed by atoms with Crippen LogP contribution in [0.1, 0.15) is 157 Å². The number of nitrogens with zero attached hydrogens (tertiary/aromatic N) is 1. The van der Waals surface area contributed by atoms with Crippen LogP contribution < -0.4 is 5.32 Å². The molecule has 0 radical (unpaired) electrons. The summed E-state index contributed by atoms with van der Waals surface area (Å²) in [6.07, 6.45) is 35.3. The van der Waals surface area contributed by atoms with E-state index < -0.39 is 0 Å². The Morgan fingerprint density at radius 1 is 0.769 bits per heavy atom. The zero-order valence-corrected chi connectivity index (χ0v) is 26.4. The van der Waals surface area contributed by atoms with Crippen molar-refractivity contribution in [2.45, 2.75) is 162 Å². The molecule has 0 heterocycles. The predicted molar refractivity (Wildman–Crippen MR) is 174 cm³/mol. The number of hydrogen-bond donors (Lipinski definition) is 1. The summed E-state index contributed by atoms with van der Waals surface area (Å²) in [7, 11) is 0. The van der Waals surface area contributed by atoms with Gasteiger partial charge in [-0.25, -0.2) is 0 Å². The van der Waals surface area contributed by atoms with Gasteiger partial charge in [-0.2, -0.15) is 0 Å². The maximum absolute atomic E-state index is 12.5. The first kappa shape index (κ1) is 37.5. The molecule has 0 aliphatic heterocycles. The van der Waals surface area contributed by atoms with Gasteiger partial charge >= 0.3 is 5.97 Å². The quantitative estimate of drug-likeness (QED) is 0.0550. The van der Waals surface area contributed by atoms with Gasteiger partial charge in [0.25, 0.3) is 0 Å². The van der Waals surface area contributed by atoms with Crippen LogP contribution in [0.2, 0.25) is 0 Å². The molecule has 0 bridgehead atoms. The monoisotopic (exact) mass is 549 g/mol. The third-order valence-electron chi connectivity index (χ3n) is 7.32. The van der Waals surface area contributed by atoms with Gasteiger partial charge in [0.2, 0.25) is 0 Å². The van der Waals surface area contributed by atoms with Crippen LogP contribution in [0.3, 0.4) is 0 Å². The molecule has 0 spiro atoms. The van der Waals surface area contributed by atoms with Gasteiger partial charge in [0.05, 0.1) is 0 Å². The van der Waals surface area contributed by atoms with Crippen molar-refractivity contribution < 1.29 is 11.0 Å². The average Bonchev–Trinajstić information content (AvgIpc) is 2.93. The van der Waals surface area contributed by atoms with Gasteiger partial charge in [-0.3, -0.25) is 4.79 Å². The van der Waals surface area contributed by atoms with Crippen molar-refractivity contribution >= 4 is 5.97 Å². The number of ether oxygens (including phenoxy) is 1. The lowest BCUT2D eigenvalue weighted by Crippen LogP contribution is -2.21. The van der Waals surface area contributed by atoms with Crippen LogP contribution in [-0.2, 0) is 9.53 Å². The number of carbonyl (C=O) groups excluding carboxylic acids is 1. The van der Waals surface area contributed by atoms with E-state index in [0.29, 0.717) is 6.42 Å². The highest BCUT2D eigenvalue weighted by molar-refractivity contribution is 5.69. The molecular formula is C35H68N2O2. The minimum Gasteiger partial charge on any atom is -0.462 e. The van der Waals surface area contributed by atoms with Gasteiger partial charge in [0, 0.05) is 20.6 Å². The zero-order chi connectivity index (χ0) is 28.7. The number of carbonyl (C=O) groups is 1. The van der Waals surface area contributed by atoms with E-state index in [0.717, 1.165) is 51.7 Å². The Bertz CT molecular complexity index is 578. The van der Waals surface area contributed by atoms with Crippen molar-refractivity contribution in [1.29, 1.82) is 0 Å². The minimum absolute atomic E-state index is 0. The number of nitrogens with one attached hydrogen (secondary N) is 1. The number of hydrogen-bond acceptors (Lipinski definition) is 4. The highest BCUT2D eigenvalue weighted by Gasteiger charge is 2.14. The van der Waals surface area contributed by atoms with Gasteiger partial charge in [-0.1, -0.05) is 116 Å². The van der Waals surface area contributed by atoms with Crippen molar-refractivity contribution in [1.82, 2.24) is 10.2 Å². The second-order valence-electron chi connectivity index (χ2n) is 11.1. The highest BCUT2D eigenvalue weighted by Crippen LogP contribution is 2.18. The Kier molecular flexibility index (Phi) is 29.8. The molecule has 4 nitrogen and oxygen atoms in total. The summed E-state index contributed by atoms with van der Waals surface area (Å²) in [6, 6.07) is 0. The van der Waals surface area contributed by atoms with Crippen molar-refractivity contribution in [2.24, 2.45) is 0 Å². The van der Waals surface area contributed by atoms with Gasteiger partial charge in [-0.15, -0.1) is 0 Å². The Hall–Kier alpha value is -1.55. The lowest BCUT2D eigenvalue weighted by molar-refractivity contribution is -0.150. The van der Waals surface area contributed by atoms with Gasteiger partial charge < -0.3 is 15.0 Å². The Balaban J connectivity index is 0. The summed E-state index contributed by atoms with van der Waals surface area (Å²) < 4.78 is 5.98. The van der Waals surface area contributed by atoms with Gasteiger partial charge in [0.15, 0.2) is 0 Å². The molecule has 0 saturated carbocycles. The van der Waals surface area contributed by atoms with E-state index in [1.165, 1.54) is 96.3 Å². The van der Waals surface area contributed by atoms with Crippen LogP contribution in [0.5, 0.6) is 0 Å². The molecule has 0 aromatic carbocycles. The summed E-state index contributed by atoms with van der Waals surface area (Å²) in [5, 5.41) is 3.56. The molecule has 0 aromatic rings. The smallest absolute Gasteiger partial charge is 0.306 e. The lowest BCUT2D eigenvalue weighted by atomic mass is 10.0. The van der Waals surface area contributed by atoms with Gasteiger partial charge in [0.1, 0.15) is 6.10 Å². The van der Waals surface area contributed by atoms with E-state index in [1.807, 2.05) is 19.1 Å². The standard InChI is InChI=1S/C35H66N2O2.H2/c1-5-9-12-14-17-21-26-34(27-22-18-15-13-10-6-2)39-35(38)28-23-19-16-20-24-29-36-30-25-33-37(31-8-4)32-11-7-3;/h7-8,11,31-32,34,36H,3,5-6,9-10,12-30,33H2,1-2,4H3;1H/b31-8-,32-11-;. The summed E-state index contributed by atoms with van der Waals surface area (Å²) in [5.74, 6) is 0.0357. The average molecular weight is 549 g/mol. The van der Waals surface area contributed by atoms with Crippen LogP contribution in [0.15, 0.2) is 37.2 Å². The molecule has 0 rings (SSSR count). The highest BCUT2D eigenvalue weighted by atomic mass is 16.5. The second kappa shape index (κ2) is 31.0. The second-order valence-corrected chi connectivity index (χ2v) is 11.1. The largest absolute Gasteiger partial charge is 0.462 e. The van der Waals surface area contributed by atoms with Crippen molar-refractivity contribution in [3.05, 3.63) is 37.2 Å². The Morgan fingerprint density at radius 3 is 1.90 bits per heavy atom. The summed E-state index contributed by atoms with van der Waals surface area (Å²) in [4.78, 5) is 14.7. The summed E-state index contributed by atoms with van der Waals surface area (Å²) >= 11 is 0. The van der Waals surface area contributed by atoms with Crippen molar-refractivity contribution in [3.63, 3.8) is 0 Å². The number of esters is 1. The Morgan fingerprint density at radius 2 is 1.31 bits per heavy atom. The van der Waals surface area contributed by atoms with Crippen LogP contribution >= 0.6 is 0 Å². The molecule has 0 fully saturated rings. The maximum atomic E-state index is 12.5. The Labute approximate surface area is 245 Å². The van der Waals surface area contributed by atoms with E-state index in [1.54, 1.807) is 0 Å². The van der Waals surface area contributed by atoms with Crippen LogP contribution in [-0.4, -0.2) is 36.6 Å². The third kappa shape index (κ3) is 27.8. The SMILES string of the molecule is C=C/C=C\N(/C=C\C)CCCNCCCCCCCC(=O)OC(CCCCCCCC)CCCCCCCC.[HH]. The first-order valence-corrected chi connectivity index (χ1v) is 16.8. The van der Waals surface area contributed by atoms with E-state index in [9.17, 15) is 4.79 Å². The molecule has 1 N–H and O–H groups in total. The molecule has 0 atom stereocenters. The molecule has 0 unspecified atom stereocenters. The predicted octanol–water partition coefficient (Wildman–Crippen LogP) is 10.5. The van der Waals surface area contributed by atoms with E-state index in [-0.39, 0.29) is 13.5 Å². The molecule has 230 valence electrons. The first-order chi connectivity index (χ1) is 19.2. The molecular weight excluding hydrogens is 480 g/mol. The molecule has 39 heavy (non-hydrogen) atoms. The summed E-state index contributed by atoms with van der Waals surface area (Å²) in [5.41, 5.74) is 0. The maximum Gasteiger partial charge on any atom is 0.306 e. The molecule has 4 heteroatoms. The topological polar surface area (TPSA) is 41.6 Å². The fraction of sp³-hybridized carbons (Fsp3) is 0.800. The van der Waals surface area contributed by atoms with Crippen LogP contribution in [0.25, 0.3) is 0 Å². The first-order valence-electron chi connectivity index (χ1n) is 16.8. The normalized spacial score (nSPS) is 11.7. The van der Waals surface area contributed by atoms with Crippen LogP contribution in [0.4, 0.5) is 0 Å². The number of rotatable bonds is 30. The van der Waals surface area contributed by atoms with Gasteiger partial charge in [-0.05, 0) is 77.2 Å². The van der Waals surface area contributed by atoms with E-state index in [2.05, 4.69) is 49.1 Å². The number of allylic oxidation sites excluding steroid dienone is 3. The van der Waals surface area contributed by atoms with E-state index in [4.69, 9.17) is 4.74 Å².